The first-order chi connectivity index (χ1) is 24.8. The molecule has 0 radical (unpaired) electrons. The van der Waals surface area contributed by atoms with E-state index in [0.29, 0.717) is 0 Å². The maximum atomic E-state index is 6.74. The van der Waals surface area contributed by atoms with Gasteiger partial charge < -0.3 is 13.9 Å². The first kappa shape index (κ1) is 27.6. The molecule has 3 nitrogen and oxygen atoms in total. The van der Waals surface area contributed by atoms with Crippen molar-refractivity contribution in [1.29, 1.82) is 0 Å². The van der Waals surface area contributed by atoms with E-state index in [2.05, 4.69) is 173 Å². The first-order valence-electron chi connectivity index (χ1n) is 16.9. The van der Waals surface area contributed by atoms with Crippen LogP contribution in [0.2, 0.25) is 0 Å². The van der Waals surface area contributed by atoms with Crippen molar-refractivity contribution in [3.63, 3.8) is 0 Å². The van der Waals surface area contributed by atoms with E-state index < -0.39 is 0 Å². The number of benzene rings is 8. The molecule has 3 heterocycles. The quantitative estimate of drug-likeness (QED) is 0.188. The average Bonchev–Trinajstić information content (AvgIpc) is 3.86. The molecule has 0 saturated carbocycles. The number of rotatable bonds is 4. The van der Waals surface area contributed by atoms with Gasteiger partial charge in [0, 0.05) is 53.1 Å². The summed E-state index contributed by atoms with van der Waals surface area (Å²) in [5.74, 6) is 0. The minimum atomic E-state index is 0.872. The summed E-state index contributed by atoms with van der Waals surface area (Å²) < 4.78 is 11.7. The third-order valence-electron chi connectivity index (χ3n) is 10.2. The molecule has 234 valence electrons. The lowest BCUT2D eigenvalue weighted by Gasteiger charge is -2.27. The van der Waals surface area contributed by atoms with Crippen LogP contribution in [0.4, 0.5) is 17.1 Å². The fourth-order valence-electron chi connectivity index (χ4n) is 8.03. The second-order valence-electron chi connectivity index (χ2n) is 12.9. The van der Waals surface area contributed by atoms with E-state index >= 15 is 0 Å². The van der Waals surface area contributed by atoms with Gasteiger partial charge in [-0.2, -0.15) is 0 Å². The van der Waals surface area contributed by atoms with Crippen molar-refractivity contribution in [2.45, 2.75) is 0 Å². The van der Waals surface area contributed by atoms with Crippen molar-refractivity contribution >= 4 is 103 Å². The highest BCUT2D eigenvalue weighted by atomic mass is 32.1. The van der Waals surface area contributed by atoms with Gasteiger partial charge in [0.2, 0.25) is 0 Å². The summed E-state index contributed by atoms with van der Waals surface area (Å²) in [7, 11) is 0. The van der Waals surface area contributed by atoms with Gasteiger partial charge in [0.1, 0.15) is 5.58 Å². The number of para-hydroxylation sites is 4. The van der Waals surface area contributed by atoms with Crippen molar-refractivity contribution < 1.29 is 4.42 Å². The van der Waals surface area contributed by atoms with E-state index in [0.717, 1.165) is 50.2 Å². The number of anilines is 3. The molecular weight excluding hydrogens is 629 g/mol. The number of thiophene rings is 1. The number of hydrogen-bond acceptors (Lipinski definition) is 3. The molecule has 0 amide bonds. The van der Waals surface area contributed by atoms with Crippen molar-refractivity contribution in [3.05, 3.63) is 170 Å². The van der Waals surface area contributed by atoms with Crippen LogP contribution >= 0.6 is 11.3 Å². The smallest absolute Gasteiger partial charge is 0.159 e. The normalized spacial score (nSPS) is 12.0. The van der Waals surface area contributed by atoms with Gasteiger partial charge in [-0.25, -0.2) is 0 Å². The van der Waals surface area contributed by atoms with Crippen LogP contribution in [0.3, 0.4) is 0 Å². The molecule has 0 aliphatic rings. The van der Waals surface area contributed by atoms with Crippen molar-refractivity contribution in [1.82, 2.24) is 4.57 Å². The van der Waals surface area contributed by atoms with E-state index in [4.69, 9.17) is 4.42 Å². The molecule has 11 aromatic rings. The topological polar surface area (TPSA) is 21.3 Å². The third kappa shape index (κ3) is 3.91. The lowest BCUT2D eigenvalue weighted by Crippen LogP contribution is -2.11. The first-order valence-corrected chi connectivity index (χ1v) is 17.8. The molecule has 0 spiro atoms. The molecule has 0 saturated heterocycles. The van der Waals surface area contributed by atoms with Gasteiger partial charge in [-0.3, -0.25) is 0 Å². The standard InChI is InChI=1S/C46H28N2OS/c1-2-12-30(13-3-1)47-37-18-7-4-15-34(37)45-38(47)19-11-20-39(45)48(40-21-10-17-33-32-14-5-8-22-41(32)49-46(33)40)31-26-24-29-25-27-43-44(36(29)28-31)35-16-6-9-23-42(35)50-43/h1-28H. The Kier molecular flexibility index (Phi) is 5.83. The number of aromatic nitrogens is 1. The second kappa shape index (κ2) is 10.6. The van der Waals surface area contributed by atoms with Crippen molar-refractivity contribution in [2.24, 2.45) is 0 Å². The molecule has 8 aromatic carbocycles. The van der Waals surface area contributed by atoms with Crippen LogP contribution in [0.25, 0.3) is 80.4 Å². The monoisotopic (exact) mass is 656 g/mol. The van der Waals surface area contributed by atoms with Crippen LogP contribution in [0.15, 0.2) is 174 Å². The van der Waals surface area contributed by atoms with Crippen LogP contribution in [0.1, 0.15) is 0 Å². The van der Waals surface area contributed by atoms with Crippen LogP contribution in [0.5, 0.6) is 0 Å². The molecule has 0 N–H and O–H groups in total. The minimum Gasteiger partial charge on any atom is -0.454 e. The Bertz CT molecular complexity index is 3110. The molecule has 50 heavy (non-hydrogen) atoms. The zero-order valence-corrected chi connectivity index (χ0v) is 27.7. The van der Waals surface area contributed by atoms with E-state index in [1.165, 1.54) is 47.2 Å². The Morgan fingerprint density at radius 2 is 1.16 bits per heavy atom. The largest absolute Gasteiger partial charge is 0.454 e. The Morgan fingerprint density at radius 1 is 0.460 bits per heavy atom. The molecule has 0 aliphatic heterocycles. The van der Waals surface area contributed by atoms with Gasteiger partial charge in [0.25, 0.3) is 0 Å². The fourth-order valence-corrected chi connectivity index (χ4v) is 9.15. The molecule has 0 bridgehead atoms. The Labute approximate surface area is 291 Å². The van der Waals surface area contributed by atoms with E-state index in [9.17, 15) is 0 Å². The van der Waals surface area contributed by atoms with Crippen molar-refractivity contribution in [2.75, 3.05) is 4.90 Å². The fraction of sp³-hybridized carbons (Fsp3) is 0. The maximum absolute atomic E-state index is 6.74. The van der Waals surface area contributed by atoms with Gasteiger partial charge in [0.05, 0.1) is 22.4 Å². The molecule has 0 unspecified atom stereocenters. The molecular formula is C46H28N2OS. The number of nitrogens with zero attached hydrogens (tertiary/aromatic N) is 2. The maximum Gasteiger partial charge on any atom is 0.159 e. The third-order valence-corrected chi connectivity index (χ3v) is 11.3. The summed E-state index contributed by atoms with van der Waals surface area (Å²) in [4.78, 5) is 2.42. The van der Waals surface area contributed by atoms with E-state index in [1.54, 1.807) is 0 Å². The SMILES string of the molecule is c1ccc(-n2c3ccccc3c3c(N(c4ccc5ccc6sc7ccccc7c6c5c4)c4cccc5c4oc4ccccc45)cccc32)cc1. The summed E-state index contributed by atoms with van der Waals surface area (Å²) in [6.45, 7) is 0. The molecule has 0 fully saturated rings. The summed E-state index contributed by atoms with van der Waals surface area (Å²) >= 11 is 1.86. The Hall–Kier alpha value is -6.36. The lowest BCUT2D eigenvalue weighted by molar-refractivity contribution is 0.669. The number of fused-ring (bicyclic) bond motifs is 11. The number of furan rings is 1. The molecule has 4 heteroatoms. The highest BCUT2D eigenvalue weighted by molar-refractivity contribution is 7.26. The van der Waals surface area contributed by atoms with E-state index in [1.807, 2.05) is 17.4 Å². The van der Waals surface area contributed by atoms with E-state index in [-0.39, 0.29) is 0 Å². The van der Waals surface area contributed by atoms with Gasteiger partial charge >= 0.3 is 0 Å². The highest BCUT2D eigenvalue weighted by Gasteiger charge is 2.24. The van der Waals surface area contributed by atoms with Gasteiger partial charge in [-0.1, -0.05) is 103 Å². The summed E-state index contributed by atoms with van der Waals surface area (Å²) in [6.07, 6.45) is 0. The molecule has 0 aliphatic carbocycles. The lowest BCUT2D eigenvalue weighted by atomic mass is 10.0. The van der Waals surface area contributed by atoms with Crippen LogP contribution in [-0.4, -0.2) is 4.57 Å². The summed E-state index contributed by atoms with van der Waals surface area (Å²) in [5, 5.41) is 9.71. The predicted molar refractivity (Wildman–Crippen MR) is 213 cm³/mol. The zero-order chi connectivity index (χ0) is 32.8. The highest BCUT2D eigenvalue weighted by Crippen LogP contribution is 2.48. The van der Waals surface area contributed by atoms with Crippen LogP contribution < -0.4 is 4.90 Å². The van der Waals surface area contributed by atoms with Gasteiger partial charge in [-0.05, 0) is 77.5 Å². The summed E-state index contributed by atoms with van der Waals surface area (Å²) in [5.41, 5.74) is 8.41. The molecule has 0 atom stereocenters. The van der Waals surface area contributed by atoms with Crippen LogP contribution in [0, 0.1) is 0 Å². The Balaban J connectivity index is 1.28. The average molecular weight is 657 g/mol. The number of hydrogen-bond donors (Lipinski definition) is 0. The summed E-state index contributed by atoms with van der Waals surface area (Å²) in [6, 6.07) is 61.2. The zero-order valence-electron chi connectivity index (χ0n) is 26.9. The molecule has 3 aromatic heterocycles. The Morgan fingerprint density at radius 3 is 2.08 bits per heavy atom. The van der Waals surface area contributed by atoms with Gasteiger partial charge in [-0.15, -0.1) is 11.3 Å². The second-order valence-corrected chi connectivity index (χ2v) is 14.0. The molecule has 11 rings (SSSR count). The minimum absolute atomic E-state index is 0.872. The van der Waals surface area contributed by atoms with Crippen LogP contribution in [-0.2, 0) is 0 Å². The predicted octanol–water partition coefficient (Wildman–Crippen LogP) is 13.7. The van der Waals surface area contributed by atoms with Crippen molar-refractivity contribution in [3.8, 4) is 5.69 Å². The van der Waals surface area contributed by atoms with Gasteiger partial charge in [0.15, 0.2) is 5.58 Å².